The summed E-state index contributed by atoms with van der Waals surface area (Å²) in [7, 11) is -9.89. The Hall–Kier alpha value is -1.94. The molecule has 0 aromatic rings. The van der Waals surface area contributed by atoms with Gasteiger partial charge in [0.25, 0.3) is 0 Å². The highest BCUT2D eigenvalue weighted by Gasteiger charge is 2.30. The van der Waals surface area contributed by atoms with Crippen molar-refractivity contribution in [2.45, 2.75) is 324 Å². The molecule has 492 valence electrons. The van der Waals surface area contributed by atoms with Crippen LogP contribution in [0.1, 0.15) is 306 Å². The van der Waals surface area contributed by atoms with Crippen LogP contribution in [0.4, 0.5) is 0 Å². The minimum atomic E-state index is -4.95. The van der Waals surface area contributed by atoms with Crippen molar-refractivity contribution in [1.29, 1.82) is 0 Å². The molecule has 83 heavy (non-hydrogen) atoms. The smallest absolute Gasteiger partial charge is 0.462 e. The molecule has 0 aromatic heterocycles. The zero-order chi connectivity index (χ0) is 61.8. The van der Waals surface area contributed by atoms with Gasteiger partial charge in [0, 0.05) is 25.7 Å². The molecule has 17 nitrogen and oxygen atoms in total. The van der Waals surface area contributed by atoms with Crippen LogP contribution in [0.2, 0.25) is 0 Å². The highest BCUT2D eigenvalue weighted by molar-refractivity contribution is 7.47. The van der Waals surface area contributed by atoms with E-state index in [1.54, 1.807) is 0 Å². The normalized spacial score (nSPS) is 14.8. The maximum Gasteiger partial charge on any atom is 0.472 e. The Bertz CT molecular complexity index is 1660. The predicted octanol–water partition coefficient (Wildman–Crippen LogP) is 17.4. The van der Waals surface area contributed by atoms with Gasteiger partial charge in [0.15, 0.2) is 12.2 Å². The third kappa shape index (κ3) is 57.6. The number of aliphatic hydroxyl groups excluding tert-OH is 1. The average Bonchev–Trinajstić information content (AvgIpc) is 3.44. The summed E-state index contributed by atoms with van der Waals surface area (Å²) in [4.78, 5) is 72.2. The van der Waals surface area contributed by atoms with Gasteiger partial charge in [0.1, 0.15) is 19.3 Å². The molecule has 0 bridgehead atoms. The number of aliphatic hydroxyl groups is 1. The first-order chi connectivity index (χ1) is 39.6. The first-order valence-electron chi connectivity index (χ1n) is 33.2. The quantitative estimate of drug-likeness (QED) is 0.0222. The summed E-state index contributed by atoms with van der Waals surface area (Å²) in [5, 5.41) is 10.5. The number of hydrogen-bond acceptors (Lipinski definition) is 15. The second-order valence-corrected chi connectivity index (χ2v) is 27.7. The molecule has 0 saturated carbocycles. The summed E-state index contributed by atoms with van der Waals surface area (Å²) in [6.45, 7) is 13.9. The van der Waals surface area contributed by atoms with Crippen LogP contribution >= 0.6 is 15.6 Å². The molecular formula is C64H124O17P2. The van der Waals surface area contributed by atoms with Gasteiger partial charge < -0.3 is 33.8 Å². The Balaban J connectivity index is 5.26. The highest BCUT2D eigenvalue weighted by Crippen LogP contribution is 2.45. The fourth-order valence-electron chi connectivity index (χ4n) is 9.40. The molecule has 0 amide bonds. The fraction of sp³-hybridized carbons (Fsp3) is 0.938. The Morgan fingerprint density at radius 1 is 0.337 bits per heavy atom. The summed E-state index contributed by atoms with van der Waals surface area (Å²) in [5.74, 6) is 0.748. The third-order valence-electron chi connectivity index (χ3n) is 14.9. The van der Waals surface area contributed by atoms with Crippen LogP contribution in [0.15, 0.2) is 0 Å². The van der Waals surface area contributed by atoms with Crippen LogP contribution in [0.5, 0.6) is 0 Å². The molecule has 0 heterocycles. The van der Waals surface area contributed by atoms with E-state index in [0.29, 0.717) is 31.6 Å². The van der Waals surface area contributed by atoms with Crippen LogP contribution in [-0.2, 0) is 65.4 Å². The molecular weight excluding hydrogens is 1100 g/mol. The van der Waals surface area contributed by atoms with Crippen molar-refractivity contribution in [2.75, 3.05) is 39.6 Å². The van der Waals surface area contributed by atoms with Crippen LogP contribution in [0.3, 0.4) is 0 Å². The lowest BCUT2D eigenvalue weighted by Crippen LogP contribution is -2.30. The number of carbonyl (C=O) groups excluding carboxylic acids is 4. The van der Waals surface area contributed by atoms with Gasteiger partial charge in [-0.3, -0.25) is 37.3 Å². The fourth-order valence-corrected chi connectivity index (χ4v) is 11.0. The molecule has 0 aromatic carbocycles. The summed E-state index contributed by atoms with van der Waals surface area (Å²) >= 11 is 0. The van der Waals surface area contributed by atoms with Gasteiger partial charge >= 0.3 is 39.5 Å². The van der Waals surface area contributed by atoms with Gasteiger partial charge in [-0.1, -0.05) is 254 Å². The van der Waals surface area contributed by atoms with Crippen molar-refractivity contribution in [3.63, 3.8) is 0 Å². The molecule has 6 atom stereocenters. The Kier molecular flexibility index (Phi) is 53.0. The summed E-state index contributed by atoms with van der Waals surface area (Å²) in [5.41, 5.74) is 0. The SMILES string of the molecule is CCC(C)CCCCCCCCC(=O)OC[C@H](COP(=O)(O)OCC(O)COP(=O)(O)OC[C@@H](COC(=O)CCCCCCCCCCC(C)C)OC(=O)CCCCCCCCCC(C)C)OC(=O)CCCCCCCCCCCC(C)C. The van der Waals surface area contributed by atoms with Crippen molar-refractivity contribution in [1.82, 2.24) is 0 Å². The van der Waals surface area contributed by atoms with Gasteiger partial charge in [0.2, 0.25) is 0 Å². The maximum atomic E-state index is 13.0. The van der Waals surface area contributed by atoms with E-state index in [2.05, 4.69) is 55.4 Å². The summed E-state index contributed by atoms with van der Waals surface area (Å²) in [6.07, 6.45) is 33.6. The lowest BCUT2D eigenvalue weighted by Gasteiger charge is -2.21. The van der Waals surface area contributed by atoms with Gasteiger partial charge in [-0.15, -0.1) is 0 Å². The van der Waals surface area contributed by atoms with E-state index in [0.717, 1.165) is 114 Å². The van der Waals surface area contributed by atoms with Gasteiger partial charge in [-0.25, -0.2) is 9.13 Å². The molecule has 0 aliphatic rings. The standard InChI is InChI=1S/C64H124O17P2/c1-9-57(8)43-35-27-22-23-29-37-45-62(67)75-51-60(80-63(68)46-38-30-20-12-10-11-16-24-32-40-54(2)3)53-79-83(72,73)77-49-58(65)48-76-82(70,71)78-52-59(81-64(69)47-39-31-21-15-18-26-34-42-56(6)7)50-74-61(66)44-36-28-19-14-13-17-25-33-41-55(4)5/h54-60,65H,9-53H2,1-8H3,(H,70,71)(H,72,73)/t57?,58?,59-,60-/m1/s1. The highest BCUT2D eigenvalue weighted by atomic mass is 31.2. The topological polar surface area (TPSA) is 237 Å². The van der Waals surface area contributed by atoms with Gasteiger partial charge in [0.05, 0.1) is 26.4 Å². The molecule has 0 spiro atoms. The lowest BCUT2D eigenvalue weighted by molar-refractivity contribution is -0.161. The van der Waals surface area contributed by atoms with Crippen LogP contribution in [-0.4, -0.2) is 96.7 Å². The Labute approximate surface area is 505 Å². The molecule has 0 aliphatic carbocycles. The van der Waals surface area contributed by atoms with Crippen molar-refractivity contribution in [3.05, 3.63) is 0 Å². The van der Waals surface area contributed by atoms with E-state index in [9.17, 15) is 43.2 Å². The predicted molar refractivity (Wildman–Crippen MR) is 331 cm³/mol. The monoisotopic (exact) mass is 1230 g/mol. The van der Waals surface area contributed by atoms with Crippen LogP contribution in [0.25, 0.3) is 0 Å². The summed E-state index contributed by atoms with van der Waals surface area (Å²) in [6, 6.07) is 0. The van der Waals surface area contributed by atoms with E-state index >= 15 is 0 Å². The molecule has 0 fully saturated rings. The Morgan fingerprint density at radius 2 is 0.578 bits per heavy atom. The van der Waals surface area contributed by atoms with E-state index in [1.165, 1.54) is 103 Å². The number of carbonyl (C=O) groups is 4. The number of phosphoric acid groups is 2. The molecule has 0 saturated heterocycles. The number of ether oxygens (including phenoxy) is 4. The zero-order valence-electron chi connectivity index (χ0n) is 53.8. The average molecular weight is 1230 g/mol. The minimum Gasteiger partial charge on any atom is -0.462 e. The van der Waals surface area contributed by atoms with E-state index in [4.69, 9.17) is 37.0 Å². The Morgan fingerprint density at radius 3 is 0.855 bits per heavy atom. The maximum absolute atomic E-state index is 13.0. The number of phosphoric ester groups is 2. The van der Waals surface area contributed by atoms with Crippen molar-refractivity contribution >= 4 is 39.5 Å². The van der Waals surface area contributed by atoms with Crippen molar-refractivity contribution < 1.29 is 80.2 Å². The second kappa shape index (κ2) is 54.2. The van der Waals surface area contributed by atoms with E-state index in [1.807, 2.05) is 0 Å². The van der Waals surface area contributed by atoms with E-state index < -0.39 is 97.5 Å². The number of esters is 4. The number of hydrogen-bond donors (Lipinski definition) is 3. The third-order valence-corrected chi connectivity index (χ3v) is 16.8. The van der Waals surface area contributed by atoms with Crippen LogP contribution in [0, 0.1) is 23.7 Å². The molecule has 0 aliphatic heterocycles. The first-order valence-corrected chi connectivity index (χ1v) is 36.2. The molecule has 19 heteroatoms. The number of unbranched alkanes of at least 4 members (excludes halogenated alkanes) is 26. The van der Waals surface area contributed by atoms with E-state index in [-0.39, 0.29) is 25.7 Å². The van der Waals surface area contributed by atoms with Crippen molar-refractivity contribution in [2.24, 2.45) is 23.7 Å². The first kappa shape index (κ1) is 81.1. The summed E-state index contributed by atoms with van der Waals surface area (Å²) < 4.78 is 68.0. The molecule has 0 radical (unpaired) electrons. The molecule has 4 unspecified atom stereocenters. The van der Waals surface area contributed by atoms with Crippen LogP contribution < -0.4 is 0 Å². The molecule has 3 N–H and O–H groups in total. The lowest BCUT2D eigenvalue weighted by atomic mass is 10.00. The zero-order valence-corrected chi connectivity index (χ0v) is 55.6. The largest absolute Gasteiger partial charge is 0.472 e. The number of rotatable bonds is 61. The van der Waals surface area contributed by atoms with Crippen molar-refractivity contribution in [3.8, 4) is 0 Å². The minimum absolute atomic E-state index is 0.102. The second-order valence-electron chi connectivity index (χ2n) is 24.8. The van der Waals surface area contributed by atoms with Gasteiger partial charge in [-0.2, -0.15) is 0 Å². The molecule has 0 rings (SSSR count). The van der Waals surface area contributed by atoms with Gasteiger partial charge in [-0.05, 0) is 49.4 Å².